The van der Waals surface area contributed by atoms with Crippen LogP contribution in [0, 0.1) is 5.82 Å². The van der Waals surface area contributed by atoms with Gasteiger partial charge in [-0.25, -0.2) is 9.18 Å². The number of nitrogens with one attached hydrogen (secondary N) is 2. The molecule has 0 saturated carbocycles. The van der Waals surface area contributed by atoms with E-state index in [0.717, 1.165) is 6.42 Å². The number of rotatable bonds is 9. The molecule has 0 fully saturated rings. The number of hydrazone groups is 1. The van der Waals surface area contributed by atoms with Gasteiger partial charge in [-0.05, 0) is 90.9 Å². The van der Waals surface area contributed by atoms with Crippen LogP contribution in [0.4, 0.5) is 10.1 Å². The van der Waals surface area contributed by atoms with E-state index in [1.54, 1.807) is 54.6 Å². The molecule has 0 saturated heterocycles. The van der Waals surface area contributed by atoms with Crippen molar-refractivity contribution in [3.05, 3.63) is 83.7 Å². The Labute approximate surface area is 202 Å². The number of ether oxygens (including phenoxy) is 3. The minimum absolute atomic E-state index is 0.242. The normalized spacial score (nSPS) is 10.6. The third kappa shape index (κ3) is 7.28. The molecule has 0 spiro atoms. The fourth-order valence-electron chi connectivity index (χ4n) is 2.77. The number of nitrogens with zero attached hydrogens (tertiary/aromatic N) is 1. The summed E-state index contributed by atoms with van der Waals surface area (Å²) in [4.78, 5) is 12.5. The minimum Gasteiger partial charge on any atom is -0.494 e. The highest BCUT2D eigenvalue weighted by molar-refractivity contribution is 7.80. The summed E-state index contributed by atoms with van der Waals surface area (Å²) in [6.07, 6.45) is 2.43. The molecule has 0 aliphatic rings. The maximum atomic E-state index is 13.0. The van der Waals surface area contributed by atoms with Gasteiger partial charge in [0.1, 0.15) is 11.6 Å². The first-order valence-corrected chi connectivity index (χ1v) is 10.9. The molecule has 0 aliphatic carbocycles. The zero-order valence-corrected chi connectivity index (χ0v) is 19.5. The summed E-state index contributed by atoms with van der Waals surface area (Å²) in [5, 5.41) is 7.20. The van der Waals surface area contributed by atoms with Gasteiger partial charge in [0.05, 0.1) is 25.5 Å². The Morgan fingerprint density at radius 2 is 1.79 bits per heavy atom. The van der Waals surface area contributed by atoms with Crippen LogP contribution in [0.1, 0.15) is 29.3 Å². The number of carbonyl (C=O) groups is 1. The first-order valence-electron chi connectivity index (χ1n) is 10.5. The average molecular weight is 482 g/mol. The number of halogens is 1. The molecule has 2 N–H and O–H groups in total. The van der Waals surface area contributed by atoms with Crippen LogP contribution in [-0.2, 0) is 0 Å². The van der Waals surface area contributed by atoms with Crippen LogP contribution >= 0.6 is 12.2 Å². The highest BCUT2D eigenvalue weighted by atomic mass is 32.1. The smallest absolute Gasteiger partial charge is 0.343 e. The second kappa shape index (κ2) is 12.3. The van der Waals surface area contributed by atoms with Crippen LogP contribution in [0.25, 0.3) is 0 Å². The number of methoxy groups -OCH3 is 1. The lowest BCUT2D eigenvalue weighted by Crippen LogP contribution is -2.23. The fraction of sp³-hybridized carbons (Fsp3) is 0.160. The summed E-state index contributed by atoms with van der Waals surface area (Å²) in [7, 11) is 1.48. The van der Waals surface area contributed by atoms with Gasteiger partial charge in [-0.3, -0.25) is 5.43 Å². The summed E-state index contributed by atoms with van der Waals surface area (Å²) in [5.74, 6) is 0.492. The van der Waals surface area contributed by atoms with Gasteiger partial charge in [-0.2, -0.15) is 5.10 Å². The van der Waals surface area contributed by atoms with Crippen molar-refractivity contribution in [1.29, 1.82) is 0 Å². The Balaban J connectivity index is 1.58. The maximum absolute atomic E-state index is 13.0. The average Bonchev–Trinajstić information content (AvgIpc) is 2.85. The van der Waals surface area contributed by atoms with Crippen LogP contribution in [0.5, 0.6) is 17.2 Å². The monoisotopic (exact) mass is 481 g/mol. The van der Waals surface area contributed by atoms with E-state index >= 15 is 0 Å². The molecule has 0 heterocycles. The number of benzene rings is 3. The number of hydrogen-bond donors (Lipinski definition) is 2. The van der Waals surface area contributed by atoms with Gasteiger partial charge >= 0.3 is 5.97 Å². The fourth-order valence-corrected chi connectivity index (χ4v) is 2.94. The molecule has 3 aromatic rings. The third-order valence-electron chi connectivity index (χ3n) is 4.44. The number of hydrogen-bond acceptors (Lipinski definition) is 6. The topological polar surface area (TPSA) is 81.2 Å². The molecule has 7 nitrogen and oxygen atoms in total. The molecule has 0 amide bonds. The SMILES string of the molecule is CCCOc1ccc(C(=O)Oc2ccc(/C=N\NC(=S)Nc3ccc(F)cc3)cc2OC)cc1. The van der Waals surface area contributed by atoms with Crippen LogP contribution < -0.4 is 25.0 Å². The van der Waals surface area contributed by atoms with Crippen molar-refractivity contribution in [2.75, 3.05) is 19.0 Å². The Kier molecular flexibility index (Phi) is 8.93. The summed E-state index contributed by atoms with van der Waals surface area (Å²) < 4.78 is 29.3. The maximum Gasteiger partial charge on any atom is 0.343 e. The zero-order valence-electron chi connectivity index (χ0n) is 18.7. The van der Waals surface area contributed by atoms with Crippen LogP contribution in [0.15, 0.2) is 71.8 Å². The molecule has 0 unspecified atom stereocenters. The predicted molar refractivity (Wildman–Crippen MR) is 134 cm³/mol. The van der Waals surface area contributed by atoms with E-state index in [1.807, 2.05) is 6.92 Å². The summed E-state index contributed by atoms with van der Waals surface area (Å²) in [5.41, 5.74) is 4.38. The lowest BCUT2D eigenvalue weighted by atomic mass is 10.2. The van der Waals surface area contributed by atoms with Gasteiger partial charge in [0, 0.05) is 5.69 Å². The van der Waals surface area contributed by atoms with E-state index in [9.17, 15) is 9.18 Å². The Hall–Kier alpha value is -3.98. The minimum atomic E-state index is -0.513. The van der Waals surface area contributed by atoms with E-state index in [2.05, 4.69) is 15.8 Å². The molecule has 9 heteroatoms. The molecule has 0 atom stereocenters. The van der Waals surface area contributed by atoms with E-state index in [1.165, 1.54) is 25.5 Å². The summed E-state index contributed by atoms with van der Waals surface area (Å²) in [6, 6.07) is 17.5. The predicted octanol–water partition coefficient (Wildman–Crippen LogP) is 5.16. The Morgan fingerprint density at radius 3 is 2.47 bits per heavy atom. The molecule has 34 heavy (non-hydrogen) atoms. The largest absolute Gasteiger partial charge is 0.494 e. The lowest BCUT2D eigenvalue weighted by Gasteiger charge is -2.10. The number of thiocarbonyl (C=S) groups is 1. The van der Waals surface area contributed by atoms with Crippen molar-refractivity contribution in [3.63, 3.8) is 0 Å². The van der Waals surface area contributed by atoms with Crippen molar-refractivity contribution in [1.82, 2.24) is 5.43 Å². The van der Waals surface area contributed by atoms with Gasteiger partial charge in [-0.15, -0.1) is 0 Å². The Bertz CT molecular complexity index is 1150. The second-order valence-corrected chi connectivity index (χ2v) is 7.41. The number of anilines is 1. The van der Waals surface area contributed by atoms with Crippen molar-refractivity contribution in [3.8, 4) is 17.2 Å². The van der Waals surface area contributed by atoms with Crippen molar-refractivity contribution in [2.45, 2.75) is 13.3 Å². The third-order valence-corrected chi connectivity index (χ3v) is 4.63. The first-order chi connectivity index (χ1) is 16.5. The standard InChI is InChI=1S/C25H24FN3O4S/c1-3-14-32-21-11-5-18(6-12-21)24(30)33-22-13-4-17(15-23(22)31-2)16-27-29-25(34)28-20-9-7-19(26)8-10-20/h4-13,15-16H,3,14H2,1-2H3,(H2,28,29,34)/b27-16-. The summed E-state index contributed by atoms with van der Waals surface area (Å²) in [6.45, 7) is 2.64. The van der Waals surface area contributed by atoms with Gasteiger partial charge in [0.15, 0.2) is 16.6 Å². The molecule has 0 aliphatic heterocycles. The van der Waals surface area contributed by atoms with Crippen molar-refractivity contribution < 1.29 is 23.4 Å². The molecule has 0 radical (unpaired) electrons. The van der Waals surface area contributed by atoms with E-state index < -0.39 is 5.97 Å². The van der Waals surface area contributed by atoms with E-state index in [-0.39, 0.29) is 16.7 Å². The highest BCUT2D eigenvalue weighted by Crippen LogP contribution is 2.28. The van der Waals surface area contributed by atoms with Crippen LogP contribution in [0.3, 0.4) is 0 Å². The van der Waals surface area contributed by atoms with E-state index in [0.29, 0.717) is 34.9 Å². The van der Waals surface area contributed by atoms with Gasteiger partial charge < -0.3 is 19.5 Å². The number of esters is 1. The number of carbonyl (C=O) groups excluding carboxylic acids is 1. The molecule has 3 rings (SSSR count). The molecule has 176 valence electrons. The molecule has 0 aromatic heterocycles. The first kappa shape index (κ1) is 24.7. The molecule has 3 aromatic carbocycles. The van der Waals surface area contributed by atoms with Gasteiger partial charge in [0.25, 0.3) is 0 Å². The van der Waals surface area contributed by atoms with Crippen molar-refractivity contribution >= 4 is 35.2 Å². The quantitative estimate of drug-likeness (QED) is 0.144. The second-order valence-electron chi connectivity index (χ2n) is 7.00. The van der Waals surface area contributed by atoms with Crippen molar-refractivity contribution in [2.24, 2.45) is 5.10 Å². The summed E-state index contributed by atoms with van der Waals surface area (Å²) >= 11 is 5.16. The zero-order chi connectivity index (χ0) is 24.3. The van der Waals surface area contributed by atoms with Crippen LogP contribution in [0.2, 0.25) is 0 Å². The van der Waals surface area contributed by atoms with Gasteiger partial charge in [0.2, 0.25) is 0 Å². The van der Waals surface area contributed by atoms with Crippen LogP contribution in [-0.4, -0.2) is 31.0 Å². The molecular formula is C25H24FN3O4S. The molecular weight excluding hydrogens is 457 g/mol. The van der Waals surface area contributed by atoms with E-state index in [4.69, 9.17) is 26.4 Å². The highest BCUT2D eigenvalue weighted by Gasteiger charge is 2.13. The van der Waals surface area contributed by atoms with Gasteiger partial charge in [-0.1, -0.05) is 6.92 Å². The Morgan fingerprint density at radius 1 is 1.06 bits per heavy atom. The molecule has 0 bridgehead atoms. The lowest BCUT2D eigenvalue weighted by molar-refractivity contribution is 0.0729.